The summed E-state index contributed by atoms with van der Waals surface area (Å²) in [5.74, 6) is -0.962. The van der Waals surface area contributed by atoms with E-state index in [4.69, 9.17) is 5.11 Å². The molecule has 6 nitrogen and oxygen atoms in total. The monoisotopic (exact) mass is 234 g/mol. The fourth-order valence-corrected chi connectivity index (χ4v) is 1.73. The van der Waals surface area contributed by atoms with Gasteiger partial charge >= 0.3 is 5.97 Å². The minimum atomic E-state index is -0.962. The fraction of sp³-hybridized carbons (Fsp3) is 0.364. The van der Waals surface area contributed by atoms with E-state index < -0.39 is 5.97 Å². The highest BCUT2D eigenvalue weighted by Crippen LogP contribution is 2.07. The summed E-state index contributed by atoms with van der Waals surface area (Å²) in [5, 5.41) is 17.1. The molecule has 0 saturated carbocycles. The average Bonchev–Trinajstić information content (AvgIpc) is 2.86. The number of aromatic nitrogens is 4. The van der Waals surface area contributed by atoms with Gasteiger partial charge in [0.05, 0.1) is 29.7 Å². The average molecular weight is 234 g/mol. The van der Waals surface area contributed by atoms with Crippen molar-refractivity contribution in [3.8, 4) is 0 Å². The molecule has 0 aliphatic heterocycles. The zero-order valence-electron chi connectivity index (χ0n) is 9.79. The highest BCUT2D eigenvalue weighted by Gasteiger charge is 2.09. The maximum Gasteiger partial charge on any atom is 0.338 e. The van der Waals surface area contributed by atoms with Crippen LogP contribution < -0.4 is 0 Å². The highest BCUT2D eigenvalue weighted by molar-refractivity contribution is 5.86. The maximum absolute atomic E-state index is 10.7. The van der Waals surface area contributed by atoms with Crippen LogP contribution in [0, 0.1) is 6.92 Å². The summed E-state index contributed by atoms with van der Waals surface area (Å²) in [6.07, 6.45) is 2.87. The van der Waals surface area contributed by atoms with Gasteiger partial charge in [0, 0.05) is 12.7 Å². The summed E-state index contributed by atoms with van der Waals surface area (Å²) in [6, 6.07) is 1.98. The van der Waals surface area contributed by atoms with E-state index in [1.807, 2.05) is 24.6 Å². The molecule has 0 aliphatic rings. The summed E-state index contributed by atoms with van der Waals surface area (Å²) in [6.45, 7) is 5.27. The zero-order chi connectivity index (χ0) is 12.4. The van der Waals surface area contributed by atoms with E-state index in [9.17, 15) is 4.79 Å². The molecule has 0 radical (unpaired) electrons. The second-order valence-corrected chi connectivity index (χ2v) is 3.82. The number of hydrogen-bond donors (Lipinski definition) is 1. The quantitative estimate of drug-likeness (QED) is 0.861. The van der Waals surface area contributed by atoms with Gasteiger partial charge in [-0.2, -0.15) is 10.2 Å². The van der Waals surface area contributed by atoms with Crippen LogP contribution in [0.2, 0.25) is 0 Å². The number of hydrogen-bond acceptors (Lipinski definition) is 3. The van der Waals surface area contributed by atoms with E-state index in [2.05, 4.69) is 10.2 Å². The number of rotatable bonds is 4. The molecule has 0 unspecified atom stereocenters. The second-order valence-electron chi connectivity index (χ2n) is 3.82. The lowest BCUT2D eigenvalue weighted by molar-refractivity contribution is 0.0697. The van der Waals surface area contributed by atoms with Crippen molar-refractivity contribution >= 4 is 5.97 Å². The molecular formula is C11H14N4O2. The standard InChI is InChI=1S/C11H14N4O2/c1-3-15-10(4-8(2)13-15)7-14-6-9(5-12-14)11(16)17/h4-6H,3,7H2,1-2H3,(H,16,17). The lowest BCUT2D eigenvalue weighted by Gasteiger charge is -2.04. The Bertz CT molecular complexity index is 541. The van der Waals surface area contributed by atoms with Crippen LogP contribution in [0.25, 0.3) is 0 Å². The van der Waals surface area contributed by atoms with E-state index in [0.29, 0.717) is 6.54 Å². The van der Waals surface area contributed by atoms with Gasteiger partial charge in [-0.25, -0.2) is 4.79 Å². The molecule has 2 aromatic rings. The first kappa shape index (κ1) is 11.4. The molecule has 2 aromatic heterocycles. The topological polar surface area (TPSA) is 72.9 Å². The van der Waals surface area contributed by atoms with Gasteiger partial charge in [-0.3, -0.25) is 9.36 Å². The summed E-state index contributed by atoms with van der Waals surface area (Å²) >= 11 is 0. The summed E-state index contributed by atoms with van der Waals surface area (Å²) in [7, 11) is 0. The Balaban J connectivity index is 2.21. The number of carboxylic acids is 1. The molecule has 2 rings (SSSR count). The SMILES string of the molecule is CCn1nc(C)cc1Cn1cc(C(=O)O)cn1. The number of carbonyl (C=O) groups is 1. The van der Waals surface area contributed by atoms with E-state index in [1.165, 1.54) is 12.4 Å². The van der Waals surface area contributed by atoms with Gasteiger partial charge in [0.2, 0.25) is 0 Å². The number of nitrogens with zero attached hydrogens (tertiary/aromatic N) is 4. The highest BCUT2D eigenvalue weighted by atomic mass is 16.4. The van der Waals surface area contributed by atoms with Crippen molar-refractivity contribution in [1.82, 2.24) is 19.6 Å². The van der Waals surface area contributed by atoms with Crippen molar-refractivity contribution in [2.75, 3.05) is 0 Å². The molecule has 0 aromatic carbocycles. The Morgan fingerprint density at radius 1 is 1.53 bits per heavy atom. The lowest BCUT2D eigenvalue weighted by Crippen LogP contribution is -2.08. The molecule has 2 heterocycles. The van der Waals surface area contributed by atoms with Gasteiger partial charge in [0.25, 0.3) is 0 Å². The molecule has 0 atom stereocenters. The van der Waals surface area contributed by atoms with Gasteiger partial charge in [-0.05, 0) is 19.9 Å². The van der Waals surface area contributed by atoms with Crippen molar-refractivity contribution in [3.63, 3.8) is 0 Å². The summed E-state index contributed by atoms with van der Waals surface area (Å²) in [5.41, 5.74) is 2.17. The Morgan fingerprint density at radius 2 is 2.29 bits per heavy atom. The first-order valence-electron chi connectivity index (χ1n) is 5.39. The Labute approximate surface area is 98.5 Å². The maximum atomic E-state index is 10.7. The molecule has 1 N–H and O–H groups in total. The Morgan fingerprint density at radius 3 is 2.88 bits per heavy atom. The third-order valence-electron chi connectivity index (χ3n) is 2.49. The third kappa shape index (κ3) is 2.35. The number of carboxylic acid groups (broad SMARTS) is 1. The molecule has 6 heteroatoms. The van der Waals surface area contributed by atoms with Crippen LogP contribution in [0.5, 0.6) is 0 Å². The number of aromatic carboxylic acids is 1. The van der Waals surface area contributed by atoms with Gasteiger partial charge in [-0.1, -0.05) is 0 Å². The van der Waals surface area contributed by atoms with Gasteiger partial charge in [0.1, 0.15) is 0 Å². The van der Waals surface area contributed by atoms with Crippen LogP contribution in [0.3, 0.4) is 0 Å². The van der Waals surface area contributed by atoms with Crippen LogP contribution in [0.15, 0.2) is 18.5 Å². The predicted molar refractivity (Wildman–Crippen MR) is 60.9 cm³/mol. The molecule has 0 amide bonds. The molecule has 17 heavy (non-hydrogen) atoms. The normalized spacial score (nSPS) is 10.7. The predicted octanol–water partition coefficient (Wildman–Crippen LogP) is 1.15. The molecule has 0 saturated heterocycles. The molecule has 0 aliphatic carbocycles. The fourth-order valence-electron chi connectivity index (χ4n) is 1.73. The van der Waals surface area contributed by atoms with Crippen LogP contribution in [0.1, 0.15) is 28.7 Å². The third-order valence-corrected chi connectivity index (χ3v) is 2.49. The van der Waals surface area contributed by atoms with Crippen LogP contribution >= 0.6 is 0 Å². The summed E-state index contributed by atoms with van der Waals surface area (Å²) in [4.78, 5) is 10.7. The van der Waals surface area contributed by atoms with Crippen molar-refractivity contribution in [1.29, 1.82) is 0 Å². The number of aryl methyl sites for hydroxylation is 2. The van der Waals surface area contributed by atoms with E-state index in [0.717, 1.165) is 17.9 Å². The minimum Gasteiger partial charge on any atom is -0.478 e. The molecule has 0 spiro atoms. The van der Waals surface area contributed by atoms with Crippen molar-refractivity contribution in [2.45, 2.75) is 26.9 Å². The largest absolute Gasteiger partial charge is 0.478 e. The van der Waals surface area contributed by atoms with Crippen LogP contribution in [-0.2, 0) is 13.1 Å². The zero-order valence-corrected chi connectivity index (χ0v) is 9.79. The smallest absolute Gasteiger partial charge is 0.338 e. The molecular weight excluding hydrogens is 220 g/mol. The summed E-state index contributed by atoms with van der Waals surface area (Å²) < 4.78 is 3.49. The van der Waals surface area contributed by atoms with E-state index >= 15 is 0 Å². The molecule has 0 bridgehead atoms. The molecule has 0 fully saturated rings. The first-order valence-corrected chi connectivity index (χ1v) is 5.39. The van der Waals surface area contributed by atoms with Crippen molar-refractivity contribution in [2.24, 2.45) is 0 Å². The van der Waals surface area contributed by atoms with Crippen LogP contribution in [0.4, 0.5) is 0 Å². The van der Waals surface area contributed by atoms with Crippen molar-refractivity contribution in [3.05, 3.63) is 35.4 Å². The van der Waals surface area contributed by atoms with Crippen molar-refractivity contribution < 1.29 is 9.90 Å². The van der Waals surface area contributed by atoms with Gasteiger partial charge < -0.3 is 5.11 Å². The van der Waals surface area contributed by atoms with E-state index in [1.54, 1.807) is 4.68 Å². The van der Waals surface area contributed by atoms with Crippen LogP contribution in [-0.4, -0.2) is 30.6 Å². The Kier molecular flexibility index (Phi) is 2.95. The lowest BCUT2D eigenvalue weighted by atomic mass is 10.3. The molecule has 90 valence electrons. The second kappa shape index (κ2) is 4.40. The van der Waals surface area contributed by atoms with E-state index in [-0.39, 0.29) is 5.56 Å². The minimum absolute atomic E-state index is 0.198. The first-order chi connectivity index (χ1) is 8.10. The Hall–Kier alpha value is -2.11. The van der Waals surface area contributed by atoms with Gasteiger partial charge in [0.15, 0.2) is 0 Å². The van der Waals surface area contributed by atoms with Gasteiger partial charge in [-0.15, -0.1) is 0 Å².